The number of hydrogen-bond donors (Lipinski definition) is 1. The Morgan fingerprint density at radius 1 is 1.41 bits per heavy atom. The molecular weight excluding hydrogens is 218 g/mol. The van der Waals surface area contributed by atoms with Gasteiger partial charge in [-0.05, 0) is 36.1 Å². The number of fused-ring (bicyclic) bond motifs is 1. The van der Waals surface area contributed by atoms with Crippen molar-refractivity contribution in [1.82, 2.24) is 0 Å². The lowest BCUT2D eigenvalue weighted by molar-refractivity contribution is -0.141. The lowest BCUT2D eigenvalue weighted by atomic mass is 10.1. The van der Waals surface area contributed by atoms with Gasteiger partial charge < -0.3 is 15.2 Å². The third-order valence-corrected chi connectivity index (χ3v) is 2.94. The third-order valence-electron chi connectivity index (χ3n) is 2.94. The van der Waals surface area contributed by atoms with Crippen molar-refractivity contribution in [2.75, 3.05) is 13.7 Å². The van der Waals surface area contributed by atoms with Gasteiger partial charge in [0.05, 0.1) is 20.1 Å². The fourth-order valence-electron chi connectivity index (χ4n) is 2.07. The van der Waals surface area contributed by atoms with Crippen LogP contribution in [0.2, 0.25) is 0 Å². The van der Waals surface area contributed by atoms with Crippen molar-refractivity contribution < 1.29 is 14.3 Å². The Bertz CT molecular complexity index is 417. The fourth-order valence-corrected chi connectivity index (χ4v) is 2.07. The first-order valence-corrected chi connectivity index (χ1v) is 5.76. The predicted molar refractivity (Wildman–Crippen MR) is 64.0 cm³/mol. The van der Waals surface area contributed by atoms with E-state index in [0.29, 0.717) is 6.61 Å². The maximum absolute atomic E-state index is 10.9. The van der Waals surface area contributed by atoms with Gasteiger partial charge in [-0.3, -0.25) is 4.79 Å². The first-order chi connectivity index (χ1) is 8.19. The summed E-state index contributed by atoms with van der Waals surface area (Å²) in [5, 5.41) is 0. The number of methoxy groups -OCH3 is 1. The summed E-state index contributed by atoms with van der Waals surface area (Å²) in [5.41, 5.74) is 8.45. The second kappa shape index (κ2) is 5.19. The monoisotopic (exact) mass is 235 g/mol. The van der Waals surface area contributed by atoms with E-state index in [4.69, 9.17) is 10.5 Å². The Labute approximate surface area is 101 Å². The molecule has 0 aliphatic heterocycles. The number of nitrogens with two attached hydrogens (primary N) is 1. The number of esters is 1. The van der Waals surface area contributed by atoms with Gasteiger partial charge in [-0.15, -0.1) is 0 Å². The smallest absolute Gasteiger partial charge is 0.308 e. The molecule has 0 amide bonds. The van der Waals surface area contributed by atoms with Crippen LogP contribution < -0.4 is 10.5 Å². The highest BCUT2D eigenvalue weighted by Crippen LogP contribution is 2.25. The number of rotatable bonds is 4. The van der Waals surface area contributed by atoms with E-state index in [1.807, 2.05) is 12.1 Å². The molecule has 1 aliphatic rings. The molecule has 4 nitrogen and oxygen atoms in total. The average molecular weight is 235 g/mol. The average Bonchev–Trinajstić information content (AvgIpc) is 2.68. The molecule has 2 rings (SSSR count). The Morgan fingerprint density at radius 2 is 2.18 bits per heavy atom. The lowest BCUT2D eigenvalue weighted by Gasteiger charge is -2.07. The highest BCUT2D eigenvalue weighted by atomic mass is 16.5. The van der Waals surface area contributed by atoms with Crippen LogP contribution in [-0.2, 0) is 22.4 Å². The normalized spacial score (nSPS) is 17.6. The zero-order valence-electron chi connectivity index (χ0n) is 9.94. The standard InChI is InChI=1S/C13H17NO3/c1-16-13(15)4-5-17-12-3-2-9-6-11(14)7-10(9)8-12/h2-3,8,11H,4-7,14H2,1H3. The minimum Gasteiger partial charge on any atom is -0.493 e. The van der Waals surface area contributed by atoms with Crippen molar-refractivity contribution in [3.63, 3.8) is 0 Å². The summed E-state index contributed by atoms with van der Waals surface area (Å²) < 4.78 is 10.0. The number of carbonyl (C=O) groups is 1. The number of hydrogen-bond acceptors (Lipinski definition) is 4. The van der Waals surface area contributed by atoms with Crippen LogP contribution in [-0.4, -0.2) is 25.7 Å². The summed E-state index contributed by atoms with van der Waals surface area (Å²) in [6.07, 6.45) is 2.12. The van der Waals surface area contributed by atoms with E-state index in [2.05, 4.69) is 10.8 Å². The van der Waals surface area contributed by atoms with Gasteiger partial charge in [0.2, 0.25) is 0 Å². The Morgan fingerprint density at radius 3 is 2.94 bits per heavy atom. The summed E-state index contributed by atoms with van der Waals surface area (Å²) >= 11 is 0. The molecule has 1 atom stereocenters. The molecule has 0 spiro atoms. The molecule has 1 aromatic rings. The second-order valence-electron chi connectivity index (χ2n) is 4.27. The third kappa shape index (κ3) is 2.97. The summed E-state index contributed by atoms with van der Waals surface area (Å²) in [5.74, 6) is 0.537. The van der Waals surface area contributed by atoms with Gasteiger partial charge in [-0.1, -0.05) is 6.07 Å². The van der Waals surface area contributed by atoms with Gasteiger partial charge in [0, 0.05) is 6.04 Å². The maximum atomic E-state index is 10.9. The lowest BCUT2D eigenvalue weighted by Crippen LogP contribution is -2.18. The quantitative estimate of drug-likeness (QED) is 0.792. The molecular formula is C13H17NO3. The minimum absolute atomic E-state index is 0.232. The van der Waals surface area contributed by atoms with Crippen LogP contribution >= 0.6 is 0 Å². The van der Waals surface area contributed by atoms with E-state index >= 15 is 0 Å². The Balaban J connectivity index is 1.90. The molecule has 92 valence electrons. The molecule has 0 saturated heterocycles. The molecule has 4 heteroatoms. The Kier molecular flexibility index (Phi) is 3.64. The van der Waals surface area contributed by atoms with E-state index in [-0.39, 0.29) is 18.4 Å². The SMILES string of the molecule is COC(=O)CCOc1ccc2c(c1)CC(N)C2. The molecule has 0 aromatic heterocycles. The maximum Gasteiger partial charge on any atom is 0.308 e. The van der Waals surface area contributed by atoms with Gasteiger partial charge in [0.25, 0.3) is 0 Å². The van der Waals surface area contributed by atoms with E-state index in [1.54, 1.807) is 0 Å². The molecule has 2 N–H and O–H groups in total. The molecule has 17 heavy (non-hydrogen) atoms. The topological polar surface area (TPSA) is 61.5 Å². The number of carbonyl (C=O) groups excluding carboxylic acids is 1. The number of benzene rings is 1. The van der Waals surface area contributed by atoms with E-state index in [9.17, 15) is 4.79 Å². The zero-order chi connectivity index (χ0) is 12.3. The van der Waals surface area contributed by atoms with Crippen LogP contribution in [0.5, 0.6) is 5.75 Å². The minimum atomic E-state index is -0.256. The summed E-state index contributed by atoms with van der Waals surface area (Å²) in [4.78, 5) is 10.9. The number of ether oxygens (including phenoxy) is 2. The molecule has 0 bridgehead atoms. The predicted octanol–water partition coefficient (Wildman–Crippen LogP) is 1.05. The largest absolute Gasteiger partial charge is 0.493 e. The van der Waals surface area contributed by atoms with Crippen molar-refractivity contribution in [3.05, 3.63) is 29.3 Å². The van der Waals surface area contributed by atoms with Crippen LogP contribution in [0.25, 0.3) is 0 Å². The van der Waals surface area contributed by atoms with Crippen molar-refractivity contribution in [2.45, 2.75) is 25.3 Å². The zero-order valence-corrected chi connectivity index (χ0v) is 9.94. The molecule has 0 saturated carbocycles. The van der Waals surface area contributed by atoms with Crippen LogP contribution in [0.1, 0.15) is 17.5 Å². The highest BCUT2D eigenvalue weighted by Gasteiger charge is 2.18. The summed E-state index contributed by atoms with van der Waals surface area (Å²) in [6, 6.07) is 6.22. The van der Waals surface area contributed by atoms with Gasteiger partial charge in [-0.25, -0.2) is 0 Å². The van der Waals surface area contributed by atoms with Crippen LogP contribution in [0, 0.1) is 0 Å². The fraction of sp³-hybridized carbons (Fsp3) is 0.462. The van der Waals surface area contributed by atoms with Gasteiger partial charge in [0.15, 0.2) is 0 Å². The van der Waals surface area contributed by atoms with Gasteiger partial charge in [-0.2, -0.15) is 0 Å². The molecule has 1 unspecified atom stereocenters. The van der Waals surface area contributed by atoms with Crippen LogP contribution in [0.15, 0.2) is 18.2 Å². The highest BCUT2D eigenvalue weighted by molar-refractivity contribution is 5.69. The van der Waals surface area contributed by atoms with Crippen LogP contribution in [0.3, 0.4) is 0 Å². The van der Waals surface area contributed by atoms with Crippen molar-refractivity contribution in [2.24, 2.45) is 5.73 Å². The van der Waals surface area contributed by atoms with Gasteiger partial charge >= 0.3 is 5.97 Å². The van der Waals surface area contributed by atoms with Crippen molar-refractivity contribution in [3.8, 4) is 5.75 Å². The van der Waals surface area contributed by atoms with Crippen LogP contribution in [0.4, 0.5) is 0 Å². The first kappa shape index (κ1) is 11.9. The van der Waals surface area contributed by atoms with Gasteiger partial charge in [0.1, 0.15) is 5.75 Å². The molecule has 1 aliphatic carbocycles. The van der Waals surface area contributed by atoms with E-state index in [1.165, 1.54) is 18.2 Å². The first-order valence-electron chi connectivity index (χ1n) is 5.76. The van der Waals surface area contributed by atoms with Crippen molar-refractivity contribution in [1.29, 1.82) is 0 Å². The van der Waals surface area contributed by atoms with Crippen molar-refractivity contribution >= 4 is 5.97 Å². The molecule has 0 fully saturated rings. The summed E-state index contributed by atoms with van der Waals surface area (Å²) in [7, 11) is 1.37. The van der Waals surface area contributed by atoms with E-state index < -0.39 is 0 Å². The molecule has 1 aromatic carbocycles. The molecule has 0 heterocycles. The Hall–Kier alpha value is -1.55. The summed E-state index contributed by atoms with van der Waals surface area (Å²) in [6.45, 7) is 0.345. The van der Waals surface area contributed by atoms with E-state index in [0.717, 1.165) is 18.6 Å². The molecule has 0 radical (unpaired) electrons. The second-order valence-corrected chi connectivity index (χ2v) is 4.27.